The van der Waals surface area contributed by atoms with Gasteiger partial charge in [0.15, 0.2) is 6.61 Å². The minimum absolute atomic E-state index is 0.106. The van der Waals surface area contributed by atoms with Gasteiger partial charge in [0.05, 0.1) is 0 Å². The van der Waals surface area contributed by atoms with Gasteiger partial charge in [0.1, 0.15) is 11.9 Å². The van der Waals surface area contributed by atoms with Crippen molar-refractivity contribution in [3.63, 3.8) is 0 Å². The number of ether oxygens (including phenoxy) is 2. The number of aryl methyl sites for hydroxylation is 1. The van der Waals surface area contributed by atoms with E-state index in [0.29, 0.717) is 36.7 Å². The monoisotopic (exact) mass is 425 g/mol. The molecule has 1 unspecified atom stereocenters. The quantitative estimate of drug-likeness (QED) is 0.533. The Morgan fingerprint density at radius 1 is 1.03 bits per heavy atom. The molecule has 1 atom stereocenters. The van der Waals surface area contributed by atoms with Crippen LogP contribution in [-0.4, -0.2) is 50.1 Å². The van der Waals surface area contributed by atoms with E-state index in [0.717, 1.165) is 18.4 Å². The molecule has 0 saturated carbocycles. The molecule has 0 bridgehead atoms. The minimum Gasteiger partial charge on any atom is -0.483 e. The maximum Gasteiger partial charge on any atom is 0.262 e. The zero-order valence-electron chi connectivity index (χ0n) is 17.5. The second-order valence-corrected chi connectivity index (χ2v) is 7.23. The van der Waals surface area contributed by atoms with Crippen LogP contribution in [-0.2, 0) is 14.3 Å². The van der Waals surface area contributed by atoms with Crippen molar-refractivity contribution in [2.24, 2.45) is 0 Å². The predicted molar refractivity (Wildman–Crippen MR) is 116 cm³/mol. The van der Waals surface area contributed by atoms with E-state index in [2.05, 4.69) is 16.0 Å². The van der Waals surface area contributed by atoms with Crippen LogP contribution in [0.5, 0.6) is 5.75 Å². The molecule has 1 heterocycles. The molecule has 1 saturated heterocycles. The van der Waals surface area contributed by atoms with Gasteiger partial charge in [-0.3, -0.25) is 14.4 Å². The van der Waals surface area contributed by atoms with Gasteiger partial charge in [-0.05, 0) is 55.7 Å². The molecule has 8 nitrogen and oxygen atoms in total. The number of amides is 3. The van der Waals surface area contributed by atoms with Crippen molar-refractivity contribution in [3.8, 4) is 5.75 Å². The maximum absolute atomic E-state index is 12.2. The first-order valence-corrected chi connectivity index (χ1v) is 10.3. The molecule has 1 aliphatic heterocycles. The number of carbonyl (C=O) groups excluding carboxylic acids is 3. The molecule has 3 rings (SSSR count). The molecule has 3 amide bonds. The van der Waals surface area contributed by atoms with E-state index in [1.807, 2.05) is 31.2 Å². The van der Waals surface area contributed by atoms with Gasteiger partial charge in [-0.1, -0.05) is 18.2 Å². The van der Waals surface area contributed by atoms with Crippen molar-refractivity contribution in [1.82, 2.24) is 10.6 Å². The van der Waals surface area contributed by atoms with E-state index in [4.69, 9.17) is 9.47 Å². The number of hydrogen-bond donors (Lipinski definition) is 3. The molecule has 2 aromatic rings. The van der Waals surface area contributed by atoms with Gasteiger partial charge in [0, 0.05) is 30.9 Å². The van der Waals surface area contributed by atoms with E-state index in [1.54, 1.807) is 24.3 Å². The average molecular weight is 425 g/mol. The fourth-order valence-electron chi connectivity index (χ4n) is 3.13. The lowest BCUT2D eigenvalue weighted by atomic mass is 10.2. The van der Waals surface area contributed by atoms with E-state index in [9.17, 15) is 14.4 Å². The summed E-state index contributed by atoms with van der Waals surface area (Å²) in [6, 6.07) is 14.0. The van der Waals surface area contributed by atoms with Crippen molar-refractivity contribution in [3.05, 3.63) is 59.7 Å². The molecular formula is C23H27N3O5. The molecule has 1 fully saturated rings. The Labute approximate surface area is 181 Å². The SMILES string of the molecule is Cc1ccccc1OCC(=O)Nc1ccc(C(=O)NCCNC(=O)C2CCCO2)cc1. The summed E-state index contributed by atoms with van der Waals surface area (Å²) >= 11 is 0. The number of para-hydroxylation sites is 1. The topological polar surface area (TPSA) is 106 Å². The lowest BCUT2D eigenvalue weighted by molar-refractivity contribution is -0.130. The van der Waals surface area contributed by atoms with Crippen LogP contribution >= 0.6 is 0 Å². The molecule has 0 aromatic heterocycles. The van der Waals surface area contributed by atoms with Crippen LogP contribution in [0, 0.1) is 6.92 Å². The standard InChI is InChI=1S/C23H27N3O5/c1-16-5-2-3-6-19(16)31-15-21(27)26-18-10-8-17(9-11-18)22(28)24-12-13-25-23(29)20-7-4-14-30-20/h2-3,5-6,8-11,20H,4,7,12-15H2,1H3,(H,24,28)(H,25,29)(H,26,27). The third kappa shape index (κ3) is 6.82. The molecule has 0 aliphatic carbocycles. The van der Waals surface area contributed by atoms with Crippen LogP contribution in [0.4, 0.5) is 5.69 Å². The van der Waals surface area contributed by atoms with Crippen molar-refractivity contribution in [2.75, 3.05) is 31.6 Å². The summed E-state index contributed by atoms with van der Waals surface area (Å²) < 4.78 is 10.8. The maximum atomic E-state index is 12.2. The second kappa shape index (κ2) is 11.1. The Morgan fingerprint density at radius 2 is 1.77 bits per heavy atom. The number of anilines is 1. The average Bonchev–Trinajstić information content (AvgIpc) is 3.31. The summed E-state index contributed by atoms with van der Waals surface area (Å²) in [5.41, 5.74) is 1.98. The number of carbonyl (C=O) groups is 3. The third-order valence-corrected chi connectivity index (χ3v) is 4.82. The van der Waals surface area contributed by atoms with Crippen LogP contribution < -0.4 is 20.7 Å². The molecule has 3 N–H and O–H groups in total. The molecule has 0 radical (unpaired) electrons. The van der Waals surface area contributed by atoms with Gasteiger partial charge in [-0.15, -0.1) is 0 Å². The van der Waals surface area contributed by atoms with Crippen molar-refractivity contribution >= 4 is 23.4 Å². The van der Waals surface area contributed by atoms with E-state index in [1.165, 1.54) is 0 Å². The third-order valence-electron chi connectivity index (χ3n) is 4.82. The largest absolute Gasteiger partial charge is 0.483 e. The molecular weight excluding hydrogens is 398 g/mol. The van der Waals surface area contributed by atoms with Crippen LogP contribution in [0.25, 0.3) is 0 Å². The van der Waals surface area contributed by atoms with Crippen LogP contribution in [0.3, 0.4) is 0 Å². The molecule has 2 aromatic carbocycles. The predicted octanol–water partition coefficient (Wildman–Crippen LogP) is 2.04. The highest BCUT2D eigenvalue weighted by molar-refractivity contribution is 5.96. The van der Waals surface area contributed by atoms with Gasteiger partial charge in [-0.2, -0.15) is 0 Å². The summed E-state index contributed by atoms with van der Waals surface area (Å²) in [6.07, 6.45) is 1.25. The normalized spacial score (nSPS) is 15.2. The highest BCUT2D eigenvalue weighted by Gasteiger charge is 2.22. The van der Waals surface area contributed by atoms with Gasteiger partial charge in [-0.25, -0.2) is 0 Å². The van der Waals surface area contributed by atoms with Crippen LogP contribution in [0.2, 0.25) is 0 Å². The summed E-state index contributed by atoms with van der Waals surface area (Å²) in [7, 11) is 0. The van der Waals surface area contributed by atoms with E-state index >= 15 is 0 Å². The van der Waals surface area contributed by atoms with Crippen LogP contribution in [0.15, 0.2) is 48.5 Å². The van der Waals surface area contributed by atoms with Crippen LogP contribution in [0.1, 0.15) is 28.8 Å². The first-order chi connectivity index (χ1) is 15.0. The molecule has 164 valence electrons. The Bertz CT molecular complexity index is 908. The summed E-state index contributed by atoms with van der Waals surface area (Å²) in [5.74, 6) is -0.0237. The zero-order chi connectivity index (χ0) is 22.1. The first-order valence-electron chi connectivity index (χ1n) is 10.3. The summed E-state index contributed by atoms with van der Waals surface area (Å²) in [6.45, 7) is 3.07. The summed E-state index contributed by atoms with van der Waals surface area (Å²) in [4.78, 5) is 36.1. The van der Waals surface area contributed by atoms with Gasteiger partial charge in [0.25, 0.3) is 11.8 Å². The lowest BCUT2D eigenvalue weighted by Gasteiger charge is -2.11. The fourth-order valence-corrected chi connectivity index (χ4v) is 3.13. The Morgan fingerprint density at radius 3 is 2.48 bits per heavy atom. The lowest BCUT2D eigenvalue weighted by Crippen LogP contribution is -2.39. The molecule has 1 aliphatic rings. The van der Waals surface area contributed by atoms with Gasteiger partial charge < -0.3 is 25.4 Å². The number of rotatable bonds is 9. The highest BCUT2D eigenvalue weighted by atomic mass is 16.5. The second-order valence-electron chi connectivity index (χ2n) is 7.23. The smallest absolute Gasteiger partial charge is 0.262 e. The molecule has 0 spiro atoms. The Balaban J connectivity index is 1.37. The molecule has 31 heavy (non-hydrogen) atoms. The Hall–Kier alpha value is -3.39. The number of benzene rings is 2. The minimum atomic E-state index is -0.374. The number of hydrogen-bond acceptors (Lipinski definition) is 5. The van der Waals surface area contributed by atoms with E-state index in [-0.39, 0.29) is 30.4 Å². The van der Waals surface area contributed by atoms with Gasteiger partial charge >= 0.3 is 0 Å². The van der Waals surface area contributed by atoms with Crippen molar-refractivity contribution in [2.45, 2.75) is 25.9 Å². The van der Waals surface area contributed by atoms with Gasteiger partial charge in [0.2, 0.25) is 5.91 Å². The number of nitrogens with one attached hydrogen (secondary N) is 3. The fraction of sp³-hybridized carbons (Fsp3) is 0.348. The Kier molecular flexibility index (Phi) is 8.00. The van der Waals surface area contributed by atoms with E-state index < -0.39 is 0 Å². The molecule has 8 heteroatoms. The zero-order valence-corrected chi connectivity index (χ0v) is 17.5. The first kappa shape index (κ1) is 22.3. The van der Waals surface area contributed by atoms with Crippen molar-refractivity contribution < 1.29 is 23.9 Å². The summed E-state index contributed by atoms with van der Waals surface area (Å²) in [5, 5.41) is 8.23. The van der Waals surface area contributed by atoms with Crippen molar-refractivity contribution in [1.29, 1.82) is 0 Å². The highest BCUT2D eigenvalue weighted by Crippen LogP contribution is 2.16.